The highest BCUT2D eigenvalue weighted by molar-refractivity contribution is 5.64. The molecule has 2 N–H and O–H groups in total. The van der Waals surface area contributed by atoms with Gasteiger partial charge in [0, 0.05) is 19.6 Å². The summed E-state index contributed by atoms with van der Waals surface area (Å²) in [6.07, 6.45) is 0. The summed E-state index contributed by atoms with van der Waals surface area (Å²) in [4.78, 5) is 2.03. The maximum absolute atomic E-state index is 9.04. The molecule has 5 nitrogen and oxygen atoms in total. The van der Waals surface area contributed by atoms with Crippen LogP contribution in [0, 0.1) is 11.3 Å². The molecule has 0 spiro atoms. The molecule has 0 saturated heterocycles. The van der Waals surface area contributed by atoms with Crippen LogP contribution >= 0.6 is 0 Å². The summed E-state index contributed by atoms with van der Waals surface area (Å²) >= 11 is 0. The molecule has 0 aliphatic rings. The van der Waals surface area contributed by atoms with Gasteiger partial charge in [-0.05, 0) is 20.8 Å². The summed E-state index contributed by atoms with van der Waals surface area (Å²) < 4.78 is 1.66. The number of nitrogen functional groups attached to an aromatic ring is 1. The molecule has 82 valence electrons. The van der Waals surface area contributed by atoms with Crippen LogP contribution in [0.2, 0.25) is 0 Å². The zero-order valence-corrected chi connectivity index (χ0v) is 9.49. The van der Waals surface area contributed by atoms with Crippen molar-refractivity contribution in [1.29, 1.82) is 5.26 Å². The third kappa shape index (κ3) is 1.89. The van der Waals surface area contributed by atoms with Crippen molar-refractivity contribution in [2.45, 2.75) is 27.3 Å². The highest BCUT2D eigenvalue weighted by Crippen LogP contribution is 2.23. The first kappa shape index (κ1) is 11.4. The normalized spacial score (nSPS) is 10.0. The SMILES string of the molecule is CCN(CC)c1nn(CC)c(N)c1C#N. The largest absolute Gasteiger partial charge is 0.383 e. The summed E-state index contributed by atoms with van der Waals surface area (Å²) in [6.45, 7) is 8.35. The molecule has 0 saturated carbocycles. The van der Waals surface area contributed by atoms with Gasteiger partial charge < -0.3 is 10.6 Å². The van der Waals surface area contributed by atoms with Crippen molar-refractivity contribution in [1.82, 2.24) is 9.78 Å². The van der Waals surface area contributed by atoms with Gasteiger partial charge in [-0.25, -0.2) is 4.68 Å². The maximum atomic E-state index is 9.04. The molecule has 0 aliphatic heterocycles. The highest BCUT2D eigenvalue weighted by atomic mass is 15.4. The quantitative estimate of drug-likeness (QED) is 0.805. The van der Waals surface area contributed by atoms with Crippen LogP contribution in [-0.4, -0.2) is 22.9 Å². The van der Waals surface area contributed by atoms with E-state index in [1.165, 1.54) is 0 Å². The third-order valence-corrected chi connectivity index (χ3v) is 2.45. The van der Waals surface area contributed by atoms with Gasteiger partial charge in [0.05, 0.1) is 0 Å². The summed E-state index contributed by atoms with van der Waals surface area (Å²) in [5, 5.41) is 13.4. The number of hydrogen-bond donors (Lipinski definition) is 1. The molecule has 1 heterocycles. The Bertz CT molecular complexity index is 370. The first-order valence-corrected chi connectivity index (χ1v) is 5.20. The summed E-state index contributed by atoms with van der Waals surface area (Å²) in [7, 11) is 0. The lowest BCUT2D eigenvalue weighted by Gasteiger charge is -2.17. The molecule has 0 atom stereocenters. The van der Waals surface area contributed by atoms with Crippen LogP contribution in [0.25, 0.3) is 0 Å². The van der Waals surface area contributed by atoms with E-state index in [1.807, 2.05) is 25.7 Å². The number of nitriles is 1. The van der Waals surface area contributed by atoms with Gasteiger partial charge in [-0.15, -0.1) is 0 Å². The van der Waals surface area contributed by atoms with Crippen LogP contribution in [0.4, 0.5) is 11.6 Å². The fourth-order valence-electron chi connectivity index (χ4n) is 1.55. The van der Waals surface area contributed by atoms with E-state index in [2.05, 4.69) is 11.2 Å². The third-order valence-electron chi connectivity index (χ3n) is 2.45. The van der Waals surface area contributed by atoms with E-state index in [9.17, 15) is 0 Å². The molecule has 0 bridgehead atoms. The molecule has 1 rings (SSSR count). The van der Waals surface area contributed by atoms with Gasteiger partial charge in [0.2, 0.25) is 0 Å². The fraction of sp³-hybridized carbons (Fsp3) is 0.600. The number of aromatic nitrogens is 2. The van der Waals surface area contributed by atoms with E-state index in [-0.39, 0.29) is 0 Å². The predicted molar refractivity (Wildman–Crippen MR) is 60.6 cm³/mol. The lowest BCUT2D eigenvalue weighted by atomic mass is 10.3. The Morgan fingerprint density at radius 1 is 1.40 bits per heavy atom. The molecule has 0 fully saturated rings. The lowest BCUT2D eigenvalue weighted by Crippen LogP contribution is -2.23. The van der Waals surface area contributed by atoms with Crippen LogP contribution in [-0.2, 0) is 6.54 Å². The zero-order chi connectivity index (χ0) is 11.4. The van der Waals surface area contributed by atoms with Gasteiger partial charge in [0.1, 0.15) is 17.5 Å². The Morgan fingerprint density at radius 3 is 2.40 bits per heavy atom. The Labute approximate surface area is 90.1 Å². The van der Waals surface area contributed by atoms with Crippen molar-refractivity contribution in [2.75, 3.05) is 23.7 Å². The minimum absolute atomic E-state index is 0.460. The van der Waals surface area contributed by atoms with Crippen LogP contribution in [0.1, 0.15) is 26.3 Å². The van der Waals surface area contributed by atoms with E-state index in [0.29, 0.717) is 23.7 Å². The van der Waals surface area contributed by atoms with E-state index in [0.717, 1.165) is 13.1 Å². The first-order valence-electron chi connectivity index (χ1n) is 5.20. The number of hydrogen-bond acceptors (Lipinski definition) is 4. The van der Waals surface area contributed by atoms with Gasteiger partial charge in [-0.1, -0.05) is 0 Å². The Morgan fingerprint density at radius 2 is 2.00 bits per heavy atom. The smallest absolute Gasteiger partial charge is 0.170 e. The Kier molecular flexibility index (Phi) is 3.56. The second kappa shape index (κ2) is 4.69. The van der Waals surface area contributed by atoms with Gasteiger partial charge in [-0.2, -0.15) is 10.4 Å². The van der Waals surface area contributed by atoms with Crippen molar-refractivity contribution < 1.29 is 0 Å². The number of anilines is 2. The van der Waals surface area contributed by atoms with E-state index >= 15 is 0 Å². The predicted octanol–water partition coefficient (Wildman–Crippen LogP) is 1.20. The zero-order valence-electron chi connectivity index (χ0n) is 9.49. The number of nitrogens with two attached hydrogens (primary N) is 1. The minimum Gasteiger partial charge on any atom is -0.383 e. The Hall–Kier alpha value is -1.70. The minimum atomic E-state index is 0.460. The maximum Gasteiger partial charge on any atom is 0.170 e. The van der Waals surface area contributed by atoms with Crippen molar-refractivity contribution in [3.63, 3.8) is 0 Å². The Balaban J connectivity index is 3.23. The second-order valence-electron chi connectivity index (χ2n) is 3.18. The molecule has 0 radical (unpaired) electrons. The number of nitrogens with zero attached hydrogens (tertiary/aromatic N) is 4. The topological polar surface area (TPSA) is 70.9 Å². The molecule has 0 unspecified atom stereocenters. The molecule has 15 heavy (non-hydrogen) atoms. The molecule has 5 heteroatoms. The first-order chi connectivity index (χ1) is 7.19. The average molecular weight is 207 g/mol. The average Bonchev–Trinajstić information content (AvgIpc) is 2.57. The molecular weight excluding hydrogens is 190 g/mol. The number of aryl methyl sites for hydroxylation is 1. The fourth-order valence-corrected chi connectivity index (χ4v) is 1.55. The molecule has 0 amide bonds. The van der Waals surface area contributed by atoms with Gasteiger partial charge in [0.15, 0.2) is 5.82 Å². The molecule has 0 aliphatic carbocycles. The van der Waals surface area contributed by atoms with Crippen molar-refractivity contribution in [3.05, 3.63) is 5.56 Å². The monoisotopic (exact) mass is 207 g/mol. The molecule has 1 aromatic rings. The highest BCUT2D eigenvalue weighted by Gasteiger charge is 2.18. The summed E-state index contributed by atoms with van der Waals surface area (Å²) in [6, 6.07) is 2.12. The van der Waals surface area contributed by atoms with Gasteiger partial charge in [0.25, 0.3) is 0 Å². The van der Waals surface area contributed by atoms with Crippen molar-refractivity contribution >= 4 is 11.6 Å². The van der Waals surface area contributed by atoms with Crippen LogP contribution in [0.5, 0.6) is 0 Å². The summed E-state index contributed by atoms with van der Waals surface area (Å²) in [5.74, 6) is 1.16. The molecule has 0 aromatic carbocycles. The summed E-state index contributed by atoms with van der Waals surface area (Å²) in [5.41, 5.74) is 6.31. The lowest BCUT2D eigenvalue weighted by molar-refractivity contribution is 0.662. The second-order valence-corrected chi connectivity index (χ2v) is 3.18. The van der Waals surface area contributed by atoms with E-state index in [1.54, 1.807) is 4.68 Å². The standard InChI is InChI=1S/C10H17N5/c1-4-14(5-2)10-8(7-11)9(12)15(6-3)13-10/h4-6,12H2,1-3H3. The van der Waals surface area contributed by atoms with E-state index in [4.69, 9.17) is 11.0 Å². The van der Waals surface area contributed by atoms with Crippen molar-refractivity contribution in [3.8, 4) is 6.07 Å². The molecule has 1 aromatic heterocycles. The van der Waals surface area contributed by atoms with Gasteiger partial charge >= 0.3 is 0 Å². The van der Waals surface area contributed by atoms with Gasteiger partial charge in [-0.3, -0.25) is 0 Å². The van der Waals surface area contributed by atoms with Crippen LogP contribution < -0.4 is 10.6 Å². The van der Waals surface area contributed by atoms with Crippen LogP contribution in [0.15, 0.2) is 0 Å². The van der Waals surface area contributed by atoms with E-state index < -0.39 is 0 Å². The number of rotatable bonds is 4. The van der Waals surface area contributed by atoms with Crippen molar-refractivity contribution in [2.24, 2.45) is 0 Å². The molecular formula is C10H17N5. The van der Waals surface area contributed by atoms with Crippen LogP contribution in [0.3, 0.4) is 0 Å².